The summed E-state index contributed by atoms with van der Waals surface area (Å²) in [4.78, 5) is 5.15. The minimum absolute atomic E-state index is 0.620. The van der Waals surface area contributed by atoms with Crippen molar-refractivity contribution in [2.24, 2.45) is 0 Å². The van der Waals surface area contributed by atoms with Gasteiger partial charge in [0.05, 0.1) is 0 Å². The number of nitrogens with zero attached hydrogens (tertiary/aromatic N) is 2. The molecule has 1 heterocycles. The quantitative estimate of drug-likeness (QED) is 0.790. The van der Waals surface area contributed by atoms with Gasteiger partial charge in [-0.05, 0) is 46.8 Å². The van der Waals surface area contributed by atoms with Crippen LogP contribution in [0.1, 0.15) is 33.3 Å². The summed E-state index contributed by atoms with van der Waals surface area (Å²) in [7, 11) is 0. The van der Waals surface area contributed by atoms with E-state index in [1.807, 2.05) is 0 Å². The topological polar surface area (TPSA) is 6.48 Å². The standard InChI is InChI=1S/C16H26N2/c1-12(2)18-14(4)10-17(11-15(18)5)16-8-6-13(3)7-9-16/h6-9,12,14-15H,10-11H2,1-5H3. The first-order valence-electron chi connectivity index (χ1n) is 7.08. The van der Waals surface area contributed by atoms with Gasteiger partial charge in [-0.3, -0.25) is 4.90 Å². The largest absolute Gasteiger partial charge is 0.368 e. The zero-order chi connectivity index (χ0) is 13.3. The molecule has 100 valence electrons. The second kappa shape index (κ2) is 5.31. The Morgan fingerprint density at radius 3 is 1.94 bits per heavy atom. The fourth-order valence-corrected chi connectivity index (χ4v) is 3.32. The third-order valence-corrected chi connectivity index (χ3v) is 3.98. The van der Waals surface area contributed by atoms with Crippen LogP contribution >= 0.6 is 0 Å². The minimum atomic E-state index is 0.620. The molecule has 1 aliphatic heterocycles. The van der Waals surface area contributed by atoms with E-state index in [0.29, 0.717) is 18.1 Å². The van der Waals surface area contributed by atoms with Crippen molar-refractivity contribution in [2.75, 3.05) is 18.0 Å². The maximum Gasteiger partial charge on any atom is 0.0367 e. The molecule has 1 saturated heterocycles. The van der Waals surface area contributed by atoms with Crippen LogP contribution in [0.4, 0.5) is 5.69 Å². The van der Waals surface area contributed by atoms with Crippen LogP contribution < -0.4 is 4.90 Å². The lowest BCUT2D eigenvalue weighted by Gasteiger charge is -2.47. The Labute approximate surface area is 112 Å². The number of hydrogen-bond acceptors (Lipinski definition) is 2. The van der Waals surface area contributed by atoms with E-state index < -0.39 is 0 Å². The van der Waals surface area contributed by atoms with Gasteiger partial charge in [0.15, 0.2) is 0 Å². The Bertz CT molecular complexity index is 371. The van der Waals surface area contributed by atoms with Gasteiger partial charge in [0.1, 0.15) is 0 Å². The van der Waals surface area contributed by atoms with Crippen LogP contribution in [0, 0.1) is 6.92 Å². The Hall–Kier alpha value is -1.02. The molecule has 0 spiro atoms. The summed E-state index contributed by atoms with van der Waals surface area (Å²) in [5, 5.41) is 0. The number of piperazine rings is 1. The molecule has 0 saturated carbocycles. The number of benzene rings is 1. The Morgan fingerprint density at radius 2 is 1.50 bits per heavy atom. The van der Waals surface area contributed by atoms with Gasteiger partial charge < -0.3 is 4.90 Å². The van der Waals surface area contributed by atoms with E-state index in [9.17, 15) is 0 Å². The molecular weight excluding hydrogens is 220 g/mol. The van der Waals surface area contributed by atoms with Crippen LogP contribution in [0.15, 0.2) is 24.3 Å². The van der Waals surface area contributed by atoms with Crippen molar-refractivity contribution in [2.45, 2.75) is 52.7 Å². The predicted octanol–water partition coefficient (Wildman–Crippen LogP) is 3.30. The summed E-state index contributed by atoms with van der Waals surface area (Å²) < 4.78 is 0. The van der Waals surface area contributed by atoms with Crippen molar-refractivity contribution in [1.29, 1.82) is 0 Å². The van der Waals surface area contributed by atoms with E-state index in [1.165, 1.54) is 11.3 Å². The van der Waals surface area contributed by atoms with Gasteiger partial charge in [-0.15, -0.1) is 0 Å². The summed E-state index contributed by atoms with van der Waals surface area (Å²) in [5.41, 5.74) is 2.70. The fraction of sp³-hybridized carbons (Fsp3) is 0.625. The third-order valence-electron chi connectivity index (χ3n) is 3.98. The van der Waals surface area contributed by atoms with Crippen LogP contribution in [0.3, 0.4) is 0 Å². The Morgan fingerprint density at radius 1 is 1.00 bits per heavy atom. The molecule has 0 amide bonds. The van der Waals surface area contributed by atoms with E-state index in [4.69, 9.17) is 0 Å². The first kappa shape index (κ1) is 13.4. The zero-order valence-corrected chi connectivity index (χ0v) is 12.4. The van der Waals surface area contributed by atoms with Gasteiger partial charge in [0, 0.05) is 36.9 Å². The Balaban J connectivity index is 2.12. The molecule has 2 nitrogen and oxygen atoms in total. The molecular formula is C16H26N2. The molecule has 0 aromatic heterocycles. The summed E-state index contributed by atoms with van der Waals surface area (Å²) >= 11 is 0. The first-order chi connectivity index (χ1) is 8.49. The molecule has 2 heteroatoms. The van der Waals surface area contributed by atoms with E-state index in [1.54, 1.807) is 0 Å². The van der Waals surface area contributed by atoms with Crippen LogP contribution in [0.5, 0.6) is 0 Å². The summed E-state index contributed by atoms with van der Waals surface area (Å²) in [6.07, 6.45) is 0. The molecule has 1 fully saturated rings. The van der Waals surface area contributed by atoms with Gasteiger partial charge in [-0.2, -0.15) is 0 Å². The number of rotatable bonds is 2. The summed E-state index contributed by atoms with van der Waals surface area (Å²) in [6, 6.07) is 10.8. The lowest BCUT2D eigenvalue weighted by atomic mass is 10.0. The van der Waals surface area contributed by atoms with E-state index in [0.717, 1.165) is 13.1 Å². The molecule has 0 aliphatic carbocycles. The average molecular weight is 246 g/mol. The molecule has 1 aromatic rings. The number of anilines is 1. The highest BCUT2D eigenvalue weighted by molar-refractivity contribution is 5.48. The molecule has 0 N–H and O–H groups in total. The maximum absolute atomic E-state index is 2.63. The monoisotopic (exact) mass is 246 g/mol. The molecule has 0 radical (unpaired) electrons. The number of hydrogen-bond donors (Lipinski definition) is 0. The SMILES string of the molecule is Cc1ccc(N2CC(C)N(C(C)C)C(C)C2)cc1. The van der Waals surface area contributed by atoms with Crippen molar-refractivity contribution >= 4 is 5.69 Å². The lowest BCUT2D eigenvalue weighted by Crippen LogP contribution is -2.58. The van der Waals surface area contributed by atoms with Gasteiger partial charge in [-0.25, -0.2) is 0 Å². The number of aryl methyl sites for hydroxylation is 1. The molecule has 2 rings (SSSR count). The molecule has 0 bridgehead atoms. The van der Waals surface area contributed by atoms with E-state index in [-0.39, 0.29) is 0 Å². The van der Waals surface area contributed by atoms with E-state index >= 15 is 0 Å². The highest BCUT2D eigenvalue weighted by Gasteiger charge is 2.30. The van der Waals surface area contributed by atoms with Gasteiger partial charge in [0.25, 0.3) is 0 Å². The third kappa shape index (κ3) is 2.69. The van der Waals surface area contributed by atoms with Crippen LogP contribution in [-0.2, 0) is 0 Å². The van der Waals surface area contributed by atoms with Crippen molar-refractivity contribution in [3.63, 3.8) is 0 Å². The molecule has 18 heavy (non-hydrogen) atoms. The lowest BCUT2D eigenvalue weighted by molar-refractivity contribution is 0.0954. The molecule has 2 unspecified atom stereocenters. The van der Waals surface area contributed by atoms with Crippen molar-refractivity contribution in [3.05, 3.63) is 29.8 Å². The highest BCUT2D eigenvalue weighted by atomic mass is 15.3. The van der Waals surface area contributed by atoms with Gasteiger partial charge in [0.2, 0.25) is 0 Å². The second-order valence-corrected chi connectivity index (χ2v) is 5.98. The molecule has 1 aromatic carbocycles. The normalized spacial score (nSPS) is 25.8. The fourth-order valence-electron chi connectivity index (χ4n) is 3.32. The molecule has 1 aliphatic rings. The predicted molar refractivity (Wildman–Crippen MR) is 79.3 cm³/mol. The first-order valence-corrected chi connectivity index (χ1v) is 7.08. The zero-order valence-electron chi connectivity index (χ0n) is 12.4. The van der Waals surface area contributed by atoms with Crippen LogP contribution in [0.25, 0.3) is 0 Å². The van der Waals surface area contributed by atoms with Gasteiger partial charge in [-0.1, -0.05) is 17.7 Å². The van der Waals surface area contributed by atoms with Crippen LogP contribution in [0.2, 0.25) is 0 Å². The van der Waals surface area contributed by atoms with Crippen molar-refractivity contribution in [1.82, 2.24) is 4.90 Å². The smallest absolute Gasteiger partial charge is 0.0367 e. The maximum atomic E-state index is 2.63. The van der Waals surface area contributed by atoms with E-state index in [2.05, 4.69) is 68.7 Å². The van der Waals surface area contributed by atoms with Crippen molar-refractivity contribution in [3.8, 4) is 0 Å². The Kier molecular flexibility index (Phi) is 3.96. The van der Waals surface area contributed by atoms with Crippen molar-refractivity contribution < 1.29 is 0 Å². The average Bonchev–Trinajstić information content (AvgIpc) is 2.28. The highest BCUT2D eigenvalue weighted by Crippen LogP contribution is 2.24. The minimum Gasteiger partial charge on any atom is -0.368 e. The molecule has 2 atom stereocenters. The van der Waals surface area contributed by atoms with Crippen LogP contribution in [-0.4, -0.2) is 36.1 Å². The summed E-state index contributed by atoms with van der Waals surface area (Å²) in [5.74, 6) is 0. The second-order valence-electron chi connectivity index (χ2n) is 5.98. The summed E-state index contributed by atoms with van der Waals surface area (Å²) in [6.45, 7) is 13.7. The van der Waals surface area contributed by atoms with Gasteiger partial charge >= 0.3 is 0 Å².